The summed E-state index contributed by atoms with van der Waals surface area (Å²) < 4.78 is 5.42. The second kappa shape index (κ2) is 4.89. The third-order valence-electron chi connectivity index (χ3n) is 3.53. The number of hydrogen-bond acceptors (Lipinski definition) is 5. The fraction of sp³-hybridized carbons (Fsp3) is 0.583. The second-order valence-corrected chi connectivity index (χ2v) is 4.47. The van der Waals surface area contributed by atoms with Crippen LogP contribution in [-0.2, 0) is 4.74 Å². The first-order chi connectivity index (χ1) is 8.19. The van der Waals surface area contributed by atoms with E-state index in [0.717, 1.165) is 31.6 Å². The van der Waals surface area contributed by atoms with Gasteiger partial charge in [0, 0.05) is 20.2 Å². The van der Waals surface area contributed by atoms with Crippen molar-refractivity contribution in [3.63, 3.8) is 0 Å². The second-order valence-electron chi connectivity index (χ2n) is 4.47. The van der Waals surface area contributed by atoms with Gasteiger partial charge >= 0.3 is 0 Å². The number of nitrogens with two attached hydrogens (primary N) is 1. The summed E-state index contributed by atoms with van der Waals surface area (Å²) in [6.07, 6.45) is 3.43. The van der Waals surface area contributed by atoms with Crippen LogP contribution in [0.5, 0.6) is 0 Å². The molecule has 17 heavy (non-hydrogen) atoms. The molecule has 0 unspecified atom stereocenters. The van der Waals surface area contributed by atoms with E-state index in [-0.39, 0.29) is 12.2 Å². The van der Waals surface area contributed by atoms with E-state index in [9.17, 15) is 5.11 Å². The van der Waals surface area contributed by atoms with E-state index in [0.29, 0.717) is 5.82 Å². The van der Waals surface area contributed by atoms with Crippen LogP contribution in [0.25, 0.3) is 0 Å². The zero-order valence-corrected chi connectivity index (χ0v) is 10.1. The Bertz CT molecular complexity index is 353. The molecule has 1 fully saturated rings. The highest BCUT2D eigenvalue weighted by Crippen LogP contribution is 2.28. The summed E-state index contributed by atoms with van der Waals surface area (Å²) >= 11 is 0. The highest BCUT2D eigenvalue weighted by Gasteiger charge is 2.33. The van der Waals surface area contributed by atoms with Crippen LogP contribution in [0.2, 0.25) is 0 Å². The van der Waals surface area contributed by atoms with Gasteiger partial charge in [-0.1, -0.05) is 0 Å². The van der Waals surface area contributed by atoms with Crippen LogP contribution in [0.3, 0.4) is 0 Å². The lowest BCUT2D eigenvalue weighted by Gasteiger charge is -2.40. The Labute approximate surface area is 101 Å². The van der Waals surface area contributed by atoms with Crippen molar-refractivity contribution in [1.29, 1.82) is 0 Å². The number of aliphatic hydroxyl groups is 1. The molecule has 5 heteroatoms. The number of aliphatic hydroxyl groups excluding tert-OH is 1. The van der Waals surface area contributed by atoms with Gasteiger partial charge in [-0.15, -0.1) is 0 Å². The molecule has 0 spiro atoms. The number of nitrogen functional groups attached to an aromatic ring is 1. The van der Waals surface area contributed by atoms with Crippen LogP contribution in [-0.4, -0.2) is 42.5 Å². The van der Waals surface area contributed by atoms with Gasteiger partial charge in [-0.2, -0.15) is 0 Å². The lowest BCUT2D eigenvalue weighted by molar-refractivity contribution is -0.0672. The van der Waals surface area contributed by atoms with Gasteiger partial charge in [-0.05, 0) is 25.0 Å². The predicted octanol–water partition coefficient (Wildman–Crippen LogP) is 0.641. The SMILES string of the molecule is COC1(CO)CCN(c2ccc(N)nc2)CC1. The normalized spacial score (nSPS) is 19.3. The largest absolute Gasteiger partial charge is 0.393 e. The number of nitrogens with zero attached hydrogens (tertiary/aromatic N) is 2. The maximum Gasteiger partial charge on any atom is 0.123 e. The molecule has 1 aliphatic rings. The monoisotopic (exact) mass is 237 g/mol. The molecule has 0 aromatic carbocycles. The molecular weight excluding hydrogens is 218 g/mol. The smallest absolute Gasteiger partial charge is 0.123 e. The molecule has 1 saturated heterocycles. The minimum absolute atomic E-state index is 0.0807. The van der Waals surface area contributed by atoms with Crippen LogP contribution in [0.15, 0.2) is 18.3 Å². The number of methoxy groups -OCH3 is 1. The van der Waals surface area contributed by atoms with Gasteiger partial charge in [0.1, 0.15) is 5.82 Å². The van der Waals surface area contributed by atoms with Crippen molar-refractivity contribution in [1.82, 2.24) is 4.98 Å². The van der Waals surface area contributed by atoms with E-state index < -0.39 is 0 Å². The fourth-order valence-electron chi connectivity index (χ4n) is 2.18. The van der Waals surface area contributed by atoms with Crippen molar-refractivity contribution in [2.45, 2.75) is 18.4 Å². The quantitative estimate of drug-likeness (QED) is 0.807. The van der Waals surface area contributed by atoms with Crippen molar-refractivity contribution in [2.24, 2.45) is 0 Å². The number of anilines is 2. The molecule has 0 amide bonds. The minimum Gasteiger partial charge on any atom is -0.393 e. The van der Waals surface area contributed by atoms with Crippen LogP contribution in [0.1, 0.15) is 12.8 Å². The van der Waals surface area contributed by atoms with E-state index in [1.807, 2.05) is 6.07 Å². The summed E-state index contributed by atoms with van der Waals surface area (Å²) in [4.78, 5) is 6.32. The van der Waals surface area contributed by atoms with Gasteiger partial charge in [0.15, 0.2) is 0 Å². The van der Waals surface area contributed by atoms with E-state index in [1.165, 1.54) is 0 Å². The van der Waals surface area contributed by atoms with Gasteiger partial charge in [0.2, 0.25) is 0 Å². The van der Waals surface area contributed by atoms with Crippen LogP contribution >= 0.6 is 0 Å². The van der Waals surface area contributed by atoms with Gasteiger partial charge in [0.25, 0.3) is 0 Å². The van der Waals surface area contributed by atoms with Crippen molar-refractivity contribution >= 4 is 11.5 Å². The fourth-order valence-corrected chi connectivity index (χ4v) is 2.18. The van der Waals surface area contributed by atoms with Gasteiger partial charge < -0.3 is 20.5 Å². The molecule has 3 N–H and O–H groups in total. The van der Waals surface area contributed by atoms with Crippen molar-refractivity contribution in [3.05, 3.63) is 18.3 Å². The van der Waals surface area contributed by atoms with E-state index in [2.05, 4.69) is 9.88 Å². The molecular formula is C12H19N3O2. The summed E-state index contributed by atoms with van der Waals surface area (Å²) in [5.41, 5.74) is 6.27. The number of rotatable bonds is 3. The Balaban J connectivity index is 2.01. The molecule has 5 nitrogen and oxygen atoms in total. The van der Waals surface area contributed by atoms with E-state index in [4.69, 9.17) is 10.5 Å². The highest BCUT2D eigenvalue weighted by molar-refractivity contribution is 5.48. The standard InChI is InChI=1S/C12H19N3O2/c1-17-12(9-16)4-6-15(7-5-12)10-2-3-11(13)14-8-10/h2-3,8,16H,4-7,9H2,1H3,(H2,13,14). The van der Waals surface area contributed by atoms with E-state index in [1.54, 1.807) is 19.4 Å². The molecule has 0 bridgehead atoms. The number of piperidine rings is 1. The number of ether oxygens (including phenoxy) is 1. The lowest BCUT2D eigenvalue weighted by Crippen LogP contribution is -2.48. The van der Waals surface area contributed by atoms with Crippen LogP contribution in [0.4, 0.5) is 11.5 Å². The summed E-state index contributed by atoms with van der Waals surface area (Å²) in [5, 5.41) is 9.36. The van der Waals surface area contributed by atoms with Crippen LogP contribution in [0, 0.1) is 0 Å². The molecule has 1 aromatic heterocycles. The maximum atomic E-state index is 9.36. The summed E-state index contributed by atoms with van der Waals surface area (Å²) in [6.45, 7) is 1.80. The first-order valence-corrected chi connectivity index (χ1v) is 5.82. The maximum absolute atomic E-state index is 9.36. The Kier molecular flexibility index (Phi) is 3.49. The van der Waals surface area contributed by atoms with Gasteiger partial charge in [0.05, 0.1) is 24.1 Å². The first kappa shape index (κ1) is 12.1. The molecule has 1 aliphatic heterocycles. The Morgan fingerprint density at radius 1 is 1.47 bits per heavy atom. The van der Waals surface area contributed by atoms with Crippen LogP contribution < -0.4 is 10.6 Å². The minimum atomic E-state index is -0.363. The van der Waals surface area contributed by atoms with E-state index >= 15 is 0 Å². The topological polar surface area (TPSA) is 71.6 Å². The van der Waals surface area contributed by atoms with Crippen molar-refractivity contribution in [2.75, 3.05) is 37.4 Å². The molecule has 0 radical (unpaired) electrons. The molecule has 0 saturated carbocycles. The average Bonchev–Trinajstić information content (AvgIpc) is 2.40. The highest BCUT2D eigenvalue weighted by atomic mass is 16.5. The van der Waals surface area contributed by atoms with Gasteiger partial charge in [-0.25, -0.2) is 4.98 Å². The Morgan fingerprint density at radius 3 is 2.65 bits per heavy atom. The average molecular weight is 237 g/mol. The summed E-state index contributed by atoms with van der Waals surface area (Å²) in [6, 6.07) is 3.78. The zero-order valence-electron chi connectivity index (χ0n) is 10.1. The Hall–Kier alpha value is -1.33. The lowest BCUT2D eigenvalue weighted by atomic mass is 9.92. The summed E-state index contributed by atoms with van der Waals surface area (Å²) in [5.74, 6) is 0.535. The predicted molar refractivity (Wildman–Crippen MR) is 66.9 cm³/mol. The van der Waals surface area contributed by atoms with Crippen molar-refractivity contribution in [3.8, 4) is 0 Å². The number of aromatic nitrogens is 1. The molecule has 0 atom stereocenters. The summed E-state index contributed by atoms with van der Waals surface area (Å²) in [7, 11) is 1.66. The molecule has 1 aromatic rings. The number of pyridine rings is 1. The third kappa shape index (κ3) is 2.50. The third-order valence-corrected chi connectivity index (χ3v) is 3.53. The first-order valence-electron chi connectivity index (χ1n) is 5.82. The zero-order chi connectivity index (χ0) is 12.3. The molecule has 2 heterocycles. The van der Waals surface area contributed by atoms with Crippen molar-refractivity contribution < 1.29 is 9.84 Å². The molecule has 94 valence electrons. The van der Waals surface area contributed by atoms with Gasteiger partial charge in [-0.3, -0.25) is 0 Å². The number of hydrogen-bond donors (Lipinski definition) is 2. The molecule has 2 rings (SSSR count). The molecule has 0 aliphatic carbocycles. The Morgan fingerprint density at radius 2 is 2.18 bits per heavy atom.